The van der Waals surface area contributed by atoms with Crippen molar-refractivity contribution >= 4 is 23.2 Å². The molecule has 1 unspecified atom stereocenters. The fourth-order valence-corrected chi connectivity index (χ4v) is 4.93. The molecule has 2 fully saturated rings. The summed E-state index contributed by atoms with van der Waals surface area (Å²) in [7, 11) is 0. The predicted octanol–water partition coefficient (Wildman–Crippen LogP) is 3.56. The van der Waals surface area contributed by atoms with E-state index in [-0.39, 0.29) is 22.6 Å². The molecule has 0 aromatic carbocycles. The van der Waals surface area contributed by atoms with Crippen LogP contribution in [0.15, 0.2) is 11.4 Å². The van der Waals surface area contributed by atoms with E-state index in [9.17, 15) is 9.59 Å². The monoisotopic (exact) mass is 348 g/mol. The van der Waals surface area contributed by atoms with Crippen LogP contribution in [0.4, 0.5) is 0 Å². The van der Waals surface area contributed by atoms with Crippen LogP contribution in [0.1, 0.15) is 55.3 Å². The summed E-state index contributed by atoms with van der Waals surface area (Å²) in [5, 5.41) is 1.96. The Morgan fingerprint density at radius 3 is 2.67 bits per heavy atom. The Morgan fingerprint density at radius 1 is 1.29 bits per heavy atom. The Kier molecular flexibility index (Phi) is 4.49. The fourth-order valence-electron chi connectivity index (χ4n) is 4.04. The Bertz CT molecular complexity index is 646. The van der Waals surface area contributed by atoms with Crippen LogP contribution in [-0.4, -0.2) is 47.8 Å². The molecule has 132 valence electrons. The van der Waals surface area contributed by atoms with Gasteiger partial charge in [0.25, 0.3) is 5.91 Å². The largest absolute Gasteiger partial charge is 0.342 e. The highest BCUT2D eigenvalue weighted by molar-refractivity contribution is 7.12. The van der Waals surface area contributed by atoms with E-state index < -0.39 is 0 Å². The minimum absolute atomic E-state index is 0.0973. The molecular formula is C19H28N2O2S. The third-order valence-corrected chi connectivity index (χ3v) is 6.19. The van der Waals surface area contributed by atoms with Crippen LogP contribution in [0, 0.1) is 17.8 Å². The molecular weight excluding hydrogens is 320 g/mol. The number of hydrogen-bond donors (Lipinski definition) is 0. The maximum Gasteiger partial charge on any atom is 0.264 e. The Hall–Kier alpha value is -1.36. The number of carbonyl (C=O) groups excluding carboxylic acids is 2. The van der Waals surface area contributed by atoms with E-state index in [0.29, 0.717) is 13.1 Å². The highest BCUT2D eigenvalue weighted by atomic mass is 32.1. The van der Waals surface area contributed by atoms with E-state index in [1.165, 1.54) is 11.3 Å². The second-order valence-electron chi connectivity index (χ2n) is 8.58. The Labute approximate surface area is 148 Å². The molecule has 2 amide bonds. The first-order valence-corrected chi connectivity index (χ1v) is 9.73. The number of amides is 2. The number of nitrogens with zero attached hydrogens (tertiary/aromatic N) is 2. The van der Waals surface area contributed by atoms with Crippen molar-refractivity contribution in [1.29, 1.82) is 0 Å². The lowest BCUT2D eigenvalue weighted by Gasteiger charge is -2.41. The quantitative estimate of drug-likeness (QED) is 0.820. The second-order valence-corrected chi connectivity index (χ2v) is 9.50. The second kappa shape index (κ2) is 6.17. The number of rotatable bonds is 2. The maximum atomic E-state index is 13.1. The summed E-state index contributed by atoms with van der Waals surface area (Å²) in [6.45, 7) is 11.4. The van der Waals surface area contributed by atoms with Crippen LogP contribution < -0.4 is 0 Å². The van der Waals surface area contributed by atoms with Crippen molar-refractivity contribution in [3.63, 3.8) is 0 Å². The number of piperidine rings is 1. The minimum Gasteiger partial charge on any atom is -0.342 e. The van der Waals surface area contributed by atoms with Crippen molar-refractivity contribution in [2.45, 2.75) is 47.0 Å². The van der Waals surface area contributed by atoms with Crippen LogP contribution in [0.25, 0.3) is 0 Å². The van der Waals surface area contributed by atoms with E-state index in [0.717, 1.165) is 42.8 Å². The highest BCUT2D eigenvalue weighted by Crippen LogP contribution is 2.41. The highest BCUT2D eigenvalue weighted by Gasteiger charge is 2.49. The average molecular weight is 349 g/mol. The van der Waals surface area contributed by atoms with Crippen molar-refractivity contribution < 1.29 is 9.59 Å². The van der Waals surface area contributed by atoms with E-state index in [1.54, 1.807) is 0 Å². The third-order valence-electron chi connectivity index (χ3n) is 5.19. The third kappa shape index (κ3) is 3.23. The lowest BCUT2D eigenvalue weighted by Crippen LogP contribution is -2.52. The first-order chi connectivity index (χ1) is 11.2. The molecule has 2 aliphatic rings. The lowest BCUT2D eigenvalue weighted by atomic mass is 9.77. The Balaban J connectivity index is 1.74. The molecule has 5 heteroatoms. The zero-order chi connectivity index (χ0) is 17.5. The summed E-state index contributed by atoms with van der Waals surface area (Å²) in [5.74, 6) is 0.363. The number of likely N-dealkylation sites (tertiary alicyclic amines) is 2. The van der Waals surface area contributed by atoms with Gasteiger partial charge in [-0.25, -0.2) is 0 Å². The standard InChI is InChI=1S/C19H28N2O2S/c1-14-6-11-24-15(14)16(22)20-10-8-19(13-20)7-5-9-21(17(19)23)12-18(2,3)4/h6,11H,5,7-10,12-13H2,1-4H3. The van der Waals surface area contributed by atoms with Crippen LogP contribution in [0.2, 0.25) is 0 Å². The van der Waals surface area contributed by atoms with E-state index >= 15 is 0 Å². The topological polar surface area (TPSA) is 40.6 Å². The molecule has 4 nitrogen and oxygen atoms in total. The van der Waals surface area contributed by atoms with E-state index in [4.69, 9.17) is 0 Å². The molecule has 1 aromatic heterocycles. The van der Waals surface area contributed by atoms with Gasteiger partial charge >= 0.3 is 0 Å². The van der Waals surface area contributed by atoms with Crippen LogP contribution >= 0.6 is 11.3 Å². The number of aryl methyl sites for hydroxylation is 1. The summed E-state index contributed by atoms with van der Waals surface area (Å²) in [6, 6.07) is 1.99. The van der Waals surface area contributed by atoms with Crippen molar-refractivity contribution in [2.24, 2.45) is 10.8 Å². The average Bonchev–Trinajstić information content (AvgIpc) is 3.10. The van der Waals surface area contributed by atoms with Gasteiger partial charge in [-0.15, -0.1) is 11.3 Å². The van der Waals surface area contributed by atoms with Gasteiger partial charge in [-0.2, -0.15) is 0 Å². The van der Waals surface area contributed by atoms with Crippen molar-refractivity contribution in [1.82, 2.24) is 9.80 Å². The van der Waals surface area contributed by atoms with Gasteiger partial charge in [0.2, 0.25) is 5.91 Å². The molecule has 1 atom stereocenters. The lowest BCUT2D eigenvalue weighted by molar-refractivity contribution is -0.146. The van der Waals surface area contributed by atoms with Gasteiger partial charge in [0.1, 0.15) is 0 Å². The SMILES string of the molecule is Cc1ccsc1C(=O)N1CCC2(CCCN(CC(C)(C)C)C2=O)C1. The van der Waals surface area contributed by atoms with Gasteiger partial charge < -0.3 is 9.80 Å². The molecule has 2 saturated heterocycles. The fraction of sp³-hybridized carbons (Fsp3) is 0.684. The zero-order valence-corrected chi connectivity index (χ0v) is 16.0. The van der Waals surface area contributed by atoms with Crippen LogP contribution in [0.3, 0.4) is 0 Å². The smallest absolute Gasteiger partial charge is 0.264 e. The maximum absolute atomic E-state index is 13.1. The van der Waals surface area contributed by atoms with Gasteiger partial charge in [0.15, 0.2) is 0 Å². The van der Waals surface area contributed by atoms with Gasteiger partial charge in [-0.3, -0.25) is 9.59 Å². The molecule has 0 bridgehead atoms. The van der Waals surface area contributed by atoms with Gasteiger partial charge in [0.05, 0.1) is 10.3 Å². The molecule has 1 spiro atoms. The molecule has 2 aliphatic heterocycles. The van der Waals surface area contributed by atoms with Gasteiger partial charge in [0, 0.05) is 26.2 Å². The molecule has 1 aromatic rings. The van der Waals surface area contributed by atoms with E-state index in [2.05, 4.69) is 20.8 Å². The summed E-state index contributed by atoms with van der Waals surface area (Å²) < 4.78 is 0. The molecule has 0 N–H and O–H groups in total. The van der Waals surface area contributed by atoms with Crippen molar-refractivity contribution in [3.8, 4) is 0 Å². The normalized spacial score (nSPS) is 24.9. The minimum atomic E-state index is -0.343. The number of thiophene rings is 1. The number of carbonyl (C=O) groups is 2. The van der Waals surface area contributed by atoms with Crippen molar-refractivity contribution in [2.75, 3.05) is 26.2 Å². The molecule has 3 rings (SSSR count). The molecule has 24 heavy (non-hydrogen) atoms. The summed E-state index contributed by atoms with van der Waals surface area (Å²) in [6.07, 6.45) is 2.77. The number of hydrogen-bond acceptors (Lipinski definition) is 3. The first kappa shape index (κ1) is 17.5. The zero-order valence-electron chi connectivity index (χ0n) is 15.2. The molecule has 3 heterocycles. The first-order valence-electron chi connectivity index (χ1n) is 8.85. The molecule has 0 aliphatic carbocycles. The Morgan fingerprint density at radius 2 is 2.04 bits per heavy atom. The summed E-state index contributed by atoms with van der Waals surface area (Å²) in [4.78, 5) is 30.7. The van der Waals surface area contributed by atoms with Crippen LogP contribution in [0.5, 0.6) is 0 Å². The molecule has 0 radical (unpaired) electrons. The predicted molar refractivity (Wildman–Crippen MR) is 97.3 cm³/mol. The summed E-state index contributed by atoms with van der Waals surface area (Å²) in [5.41, 5.74) is 0.802. The molecule has 0 saturated carbocycles. The van der Waals surface area contributed by atoms with Crippen molar-refractivity contribution in [3.05, 3.63) is 21.9 Å². The summed E-state index contributed by atoms with van der Waals surface area (Å²) >= 11 is 1.50. The van der Waals surface area contributed by atoms with E-state index in [1.807, 2.05) is 28.2 Å². The van der Waals surface area contributed by atoms with Gasteiger partial charge in [-0.1, -0.05) is 20.8 Å². The van der Waals surface area contributed by atoms with Crippen LogP contribution in [-0.2, 0) is 4.79 Å². The van der Waals surface area contributed by atoms with Gasteiger partial charge in [-0.05, 0) is 48.6 Å².